The fourth-order valence-electron chi connectivity index (χ4n) is 3.35. The molecular weight excluding hydrogens is 536 g/mol. The van der Waals surface area contributed by atoms with Gasteiger partial charge in [-0.2, -0.15) is 0 Å². The van der Waals surface area contributed by atoms with Gasteiger partial charge in [0.1, 0.15) is 5.52 Å². The van der Waals surface area contributed by atoms with Crippen molar-refractivity contribution in [2.75, 3.05) is 7.11 Å². The molecule has 0 bridgehead atoms. The third-order valence-corrected chi connectivity index (χ3v) is 7.45. The summed E-state index contributed by atoms with van der Waals surface area (Å²) >= 11 is 6.94. The summed E-state index contributed by atoms with van der Waals surface area (Å²) in [5.74, 6) is 1.40. The maximum Gasteiger partial charge on any atom is 0.227 e. The fourth-order valence-corrected chi connectivity index (χ4v) is 4.18. The van der Waals surface area contributed by atoms with Crippen molar-refractivity contribution in [2.24, 2.45) is 4.99 Å². The Morgan fingerprint density at radius 1 is 1.19 bits per heavy atom. The van der Waals surface area contributed by atoms with E-state index in [9.17, 15) is 5.11 Å². The number of benzene rings is 3. The first-order chi connectivity index (χ1) is 15.4. The Morgan fingerprint density at radius 3 is 2.75 bits per heavy atom. The van der Waals surface area contributed by atoms with Crippen molar-refractivity contribution in [3.63, 3.8) is 0 Å². The van der Waals surface area contributed by atoms with E-state index in [2.05, 4.69) is 62.8 Å². The Kier molecular flexibility index (Phi) is 6.67. The van der Waals surface area contributed by atoms with Crippen LogP contribution >= 0.6 is 31.9 Å². The van der Waals surface area contributed by atoms with E-state index in [-0.39, 0.29) is 5.75 Å². The van der Waals surface area contributed by atoms with Gasteiger partial charge in [0.25, 0.3) is 0 Å². The number of ether oxygens (including phenoxy) is 1. The van der Waals surface area contributed by atoms with Gasteiger partial charge in [-0.3, -0.25) is 4.99 Å². The minimum absolute atomic E-state index is 0.0125. The van der Waals surface area contributed by atoms with E-state index in [1.165, 1.54) is 12.7 Å². The fraction of sp³-hybridized carbons (Fsp3) is 0.200. The van der Waals surface area contributed by atoms with Crippen LogP contribution in [0.15, 0.2) is 66.9 Å². The normalized spacial score (nSPS) is 12.5. The second-order valence-electron chi connectivity index (χ2n) is 7.50. The maximum atomic E-state index is 10.5. The molecule has 4 rings (SSSR count). The van der Waals surface area contributed by atoms with E-state index >= 15 is 0 Å². The van der Waals surface area contributed by atoms with Crippen LogP contribution in [0.25, 0.3) is 22.6 Å². The van der Waals surface area contributed by atoms with Crippen LogP contribution in [0.4, 0.5) is 5.69 Å². The molecule has 164 valence electrons. The Labute approximate surface area is 203 Å². The number of rotatable bonds is 6. The van der Waals surface area contributed by atoms with E-state index in [1.54, 1.807) is 12.3 Å². The highest BCUT2D eigenvalue weighted by Crippen LogP contribution is 2.39. The summed E-state index contributed by atoms with van der Waals surface area (Å²) in [4.78, 5) is 9.24. The number of oxazole rings is 1. The molecule has 7 heteroatoms. The number of phenolic OH excluding ortho intramolecular Hbond substituents is 1. The van der Waals surface area contributed by atoms with Gasteiger partial charge in [-0.05, 0) is 86.2 Å². The number of aliphatic imine (C=N–C) groups is 1. The molecule has 3 aromatic carbocycles. The standard InChI is InChI=1S/C25H22Br2N2O3/c1-4-14(2)15-8-9-21-20(11-15)29-25(32-21)16-6-5-7-17(10-16)28-13-18-23(27)19(26)12-22(31-3)24(18)30/h5-14,30H,4H2,1-3H3/t14-/m1/s1. The smallest absolute Gasteiger partial charge is 0.227 e. The van der Waals surface area contributed by atoms with Crippen LogP contribution < -0.4 is 4.74 Å². The zero-order valence-corrected chi connectivity index (χ0v) is 21.1. The molecule has 0 spiro atoms. The van der Waals surface area contributed by atoms with Gasteiger partial charge in [-0.25, -0.2) is 4.98 Å². The predicted molar refractivity (Wildman–Crippen MR) is 135 cm³/mol. The number of phenols is 1. The molecule has 0 fully saturated rings. The number of fused-ring (bicyclic) bond motifs is 1. The summed E-state index contributed by atoms with van der Waals surface area (Å²) in [5, 5.41) is 10.5. The third kappa shape index (κ3) is 4.45. The Balaban J connectivity index is 1.67. The number of hydrogen-bond donors (Lipinski definition) is 1. The molecule has 0 amide bonds. The molecule has 0 unspecified atom stereocenters. The minimum Gasteiger partial charge on any atom is -0.504 e. The van der Waals surface area contributed by atoms with Crippen LogP contribution in [-0.4, -0.2) is 23.4 Å². The molecule has 0 aliphatic rings. The van der Waals surface area contributed by atoms with Crippen molar-refractivity contribution in [3.8, 4) is 23.0 Å². The molecule has 5 nitrogen and oxygen atoms in total. The molecule has 4 aromatic rings. The molecule has 0 aliphatic heterocycles. The quantitative estimate of drug-likeness (QED) is 0.244. The first-order valence-corrected chi connectivity index (χ1v) is 11.8. The summed E-state index contributed by atoms with van der Waals surface area (Å²) in [6.45, 7) is 4.39. The number of halogens is 2. The monoisotopic (exact) mass is 556 g/mol. The molecule has 0 radical (unpaired) electrons. The van der Waals surface area contributed by atoms with Gasteiger partial charge in [0.05, 0.1) is 18.4 Å². The number of nitrogens with zero attached hydrogens (tertiary/aromatic N) is 2. The summed E-state index contributed by atoms with van der Waals surface area (Å²) in [6.07, 6.45) is 2.67. The van der Waals surface area contributed by atoms with Crippen LogP contribution in [0.3, 0.4) is 0 Å². The predicted octanol–water partition coefficient (Wildman–Crippen LogP) is 8.00. The lowest BCUT2D eigenvalue weighted by Crippen LogP contribution is -1.91. The van der Waals surface area contributed by atoms with E-state index in [4.69, 9.17) is 14.1 Å². The van der Waals surface area contributed by atoms with Crippen LogP contribution in [-0.2, 0) is 0 Å². The highest BCUT2D eigenvalue weighted by Gasteiger charge is 2.15. The van der Waals surface area contributed by atoms with Crippen molar-refractivity contribution < 1.29 is 14.3 Å². The molecule has 0 saturated carbocycles. The number of hydrogen-bond acceptors (Lipinski definition) is 5. The largest absolute Gasteiger partial charge is 0.504 e. The molecular formula is C25H22Br2N2O3. The summed E-state index contributed by atoms with van der Waals surface area (Å²) in [6, 6.07) is 15.5. The topological polar surface area (TPSA) is 67.9 Å². The van der Waals surface area contributed by atoms with Crippen molar-refractivity contribution >= 4 is 54.9 Å². The van der Waals surface area contributed by atoms with Gasteiger partial charge in [-0.15, -0.1) is 0 Å². The Morgan fingerprint density at radius 2 is 2.00 bits per heavy atom. The average Bonchev–Trinajstić information content (AvgIpc) is 3.24. The summed E-state index contributed by atoms with van der Waals surface area (Å²) in [7, 11) is 1.51. The minimum atomic E-state index is 0.0125. The summed E-state index contributed by atoms with van der Waals surface area (Å²) < 4.78 is 12.7. The zero-order valence-electron chi connectivity index (χ0n) is 17.9. The van der Waals surface area contributed by atoms with Crippen LogP contribution in [0, 0.1) is 0 Å². The lowest BCUT2D eigenvalue weighted by atomic mass is 9.98. The SMILES string of the molecule is CC[C@@H](C)c1ccc2oc(-c3cccc(N=Cc4c(O)c(OC)cc(Br)c4Br)c3)nc2c1. The van der Waals surface area contributed by atoms with Crippen LogP contribution in [0.1, 0.15) is 37.3 Å². The molecule has 1 atom stereocenters. The first-order valence-electron chi connectivity index (χ1n) is 10.2. The highest BCUT2D eigenvalue weighted by atomic mass is 79.9. The highest BCUT2D eigenvalue weighted by molar-refractivity contribution is 9.13. The van der Waals surface area contributed by atoms with Crippen LogP contribution in [0.5, 0.6) is 11.5 Å². The van der Waals surface area contributed by atoms with Gasteiger partial charge in [0.15, 0.2) is 17.1 Å². The number of aromatic nitrogens is 1. The van der Waals surface area contributed by atoms with E-state index in [0.29, 0.717) is 33.3 Å². The number of methoxy groups -OCH3 is 1. The van der Waals surface area contributed by atoms with Crippen molar-refractivity contribution in [3.05, 3.63) is 68.6 Å². The molecule has 1 heterocycles. The van der Waals surface area contributed by atoms with Crippen molar-refractivity contribution in [1.29, 1.82) is 0 Å². The third-order valence-electron chi connectivity index (χ3n) is 5.44. The van der Waals surface area contributed by atoms with Gasteiger partial charge < -0.3 is 14.3 Å². The van der Waals surface area contributed by atoms with E-state index in [1.807, 2.05) is 30.3 Å². The summed E-state index contributed by atoms with van der Waals surface area (Å²) in [5.41, 5.74) is 4.92. The van der Waals surface area contributed by atoms with Crippen molar-refractivity contribution in [2.45, 2.75) is 26.2 Å². The second kappa shape index (κ2) is 9.46. The van der Waals surface area contributed by atoms with Gasteiger partial charge in [0, 0.05) is 20.7 Å². The number of aromatic hydroxyl groups is 1. The molecule has 1 N–H and O–H groups in total. The molecule has 0 saturated heterocycles. The van der Waals surface area contributed by atoms with Gasteiger partial charge in [-0.1, -0.05) is 26.0 Å². The Hall–Kier alpha value is -2.64. The lowest BCUT2D eigenvalue weighted by molar-refractivity contribution is 0.372. The molecule has 0 aliphatic carbocycles. The molecule has 1 aromatic heterocycles. The molecule has 32 heavy (non-hydrogen) atoms. The van der Waals surface area contributed by atoms with Gasteiger partial charge >= 0.3 is 0 Å². The van der Waals surface area contributed by atoms with Gasteiger partial charge in [0.2, 0.25) is 5.89 Å². The Bertz CT molecular complexity index is 1310. The lowest BCUT2D eigenvalue weighted by Gasteiger charge is -2.09. The maximum absolute atomic E-state index is 10.5. The van der Waals surface area contributed by atoms with E-state index in [0.717, 1.165) is 27.6 Å². The van der Waals surface area contributed by atoms with Crippen LogP contribution in [0.2, 0.25) is 0 Å². The van der Waals surface area contributed by atoms with Crippen molar-refractivity contribution in [1.82, 2.24) is 4.98 Å². The van der Waals surface area contributed by atoms with E-state index < -0.39 is 0 Å². The average molecular weight is 558 g/mol. The second-order valence-corrected chi connectivity index (χ2v) is 9.15. The zero-order chi connectivity index (χ0) is 22.8. The first kappa shape index (κ1) is 22.6.